The summed E-state index contributed by atoms with van der Waals surface area (Å²) in [4.78, 5) is 6.37. The highest BCUT2D eigenvalue weighted by atomic mass is 19.1. The number of nitrogens with zero attached hydrogens (tertiary/aromatic N) is 4. The highest BCUT2D eigenvalue weighted by Crippen LogP contribution is 2.17. The van der Waals surface area contributed by atoms with E-state index in [4.69, 9.17) is 4.74 Å². The van der Waals surface area contributed by atoms with Gasteiger partial charge in [0.25, 0.3) is 0 Å². The molecule has 0 spiro atoms. The lowest BCUT2D eigenvalue weighted by Gasteiger charge is -2.25. The lowest BCUT2D eigenvalue weighted by Crippen LogP contribution is -2.44. The van der Waals surface area contributed by atoms with E-state index in [1.807, 2.05) is 40.5 Å². The number of para-hydroxylation sites is 1. The summed E-state index contributed by atoms with van der Waals surface area (Å²) in [7, 11) is 7.67. The maximum atomic E-state index is 13.7. The summed E-state index contributed by atoms with van der Waals surface area (Å²) < 4.78 is 21.1. The molecule has 1 aromatic carbocycles. The first-order chi connectivity index (χ1) is 12.9. The van der Waals surface area contributed by atoms with Crippen LogP contribution in [-0.2, 0) is 7.05 Å². The predicted octanol–water partition coefficient (Wildman–Crippen LogP) is 1.79. The predicted molar refractivity (Wildman–Crippen MR) is 105 cm³/mol. The molecule has 148 valence electrons. The van der Waals surface area contributed by atoms with Gasteiger partial charge in [-0.15, -0.1) is 0 Å². The first-order valence-corrected chi connectivity index (χ1v) is 8.91. The largest absolute Gasteiger partial charge is 0.486 e. The fraction of sp³-hybridized carbons (Fsp3) is 0.474. The van der Waals surface area contributed by atoms with E-state index in [0.717, 1.165) is 5.56 Å². The molecule has 2 N–H and O–H groups in total. The van der Waals surface area contributed by atoms with Gasteiger partial charge in [0, 0.05) is 32.4 Å². The minimum Gasteiger partial charge on any atom is -0.486 e. The van der Waals surface area contributed by atoms with Crippen molar-refractivity contribution in [3.63, 3.8) is 0 Å². The third-order valence-corrected chi connectivity index (χ3v) is 4.14. The number of ether oxygens (including phenoxy) is 1. The van der Waals surface area contributed by atoms with Crippen molar-refractivity contribution >= 4 is 5.96 Å². The van der Waals surface area contributed by atoms with Crippen LogP contribution in [0.4, 0.5) is 4.39 Å². The van der Waals surface area contributed by atoms with Crippen LogP contribution in [0.25, 0.3) is 0 Å². The van der Waals surface area contributed by atoms with E-state index in [2.05, 4.69) is 25.6 Å². The van der Waals surface area contributed by atoms with Crippen LogP contribution in [0.1, 0.15) is 18.5 Å². The minimum atomic E-state index is -0.364. The number of hydrogen-bond donors (Lipinski definition) is 2. The minimum absolute atomic E-state index is 0.157. The van der Waals surface area contributed by atoms with Gasteiger partial charge < -0.3 is 20.3 Å². The Morgan fingerprint density at radius 2 is 2.00 bits per heavy atom. The monoisotopic (exact) mass is 376 g/mol. The normalized spacial score (nSPS) is 14.1. The first kappa shape index (κ1) is 20.7. The standard InChI is InChI=1S/C19H29FN6O/c1-14(27-18-9-7-6-8-16(18)20)10-22-19(21-2)23-12-17(25(3)4)15-11-24-26(5)13-15/h6-9,11,13-14,17H,10,12H2,1-5H3,(H2,21,22,23). The fourth-order valence-electron chi connectivity index (χ4n) is 2.66. The van der Waals surface area contributed by atoms with Crippen LogP contribution in [0, 0.1) is 5.82 Å². The van der Waals surface area contributed by atoms with Gasteiger partial charge in [0.05, 0.1) is 18.8 Å². The zero-order valence-electron chi connectivity index (χ0n) is 16.6. The molecule has 0 amide bonds. The topological polar surface area (TPSA) is 66.7 Å². The van der Waals surface area contributed by atoms with Gasteiger partial charge in [-0.3, -0.25) is 9.67 Å². The van der Waals surface area contributed by atoms with E-state index in [9.17, 15) is 4.39 Å². The van der Waals surface area contributed by atoms with Crippen molar-refractivity contribution in [2.45, 2.75) is 19.1 Å². The zero-order chi connectivity index (χ0) is 19.8. The smallest absolute Gasteiger partial charge is 0.191 e. The second-order valence-corrected chi connectivity index (χ2v) is 6.62. The molecule has 0 bridgehead atoms. The summed E-state index contributed by atoms with van der Waals surface area (Å²) in [6, 6.07) is 6.55. The van der Waals surface area contributed by atoms with Gasteiger partial charge in [0.15, 0.2) is 17.5 Å². The lowest BCUT2D eigenvalue weighted by molar-refractivity contribution is 0.214. The van der Waals surface area contributed by atoms with Crippen LogP contribution >= 0.6 is 0 Å². The van der Waals surface area contributed by atoms with Crippen LogP contribution in [0.2, 0.25) is 0 Å². The van der Waals surface area contributed by atoms with Gasteiger partial charge in [-0.05, 0) is 33.2 Å². The van der Waals surface area contributed by atoms with Crippen molar-refractivity contribution in [2.75, 3.05) is 34.2 Å². The second-order valence-electron chi connectivity index (χ2n) is 6.62. The van der Waals surface area contributed by atoms with Crippen LogP contribution in [0.5, 0.6) is 5.75 Å². The SMILES string of the molecule is CN=C(NCC(C)Oc1ccccc1F)NCC(c1cnn(C)c1)N(C)C. The third kappa shape index (κ3) is 6.25. The van der Waals surface area contributed by atoms with Gasteiger partial charge in [-0.1, -0.05) is 12.1 Å². The Bertz CT molecular complexity index is 745. The van der Waals surface area contributed by atoms with E-state index in [-0.39, 0.29) is 23.7 Å². The van der Waals surface area contributed by atoms with Crippen LogP contribution in [-0.4, -0.2) is 61.0 Å². The molecule has 1 heterocycles. The first-order valence-electron chi connectivity index (χ1n) is 8.91. The van der Waals surface area contributed by atoms with E-state index in [1.54, 1.807) is 29.9 Å². The summed E-state index contributed by atoms with van der Waals surface area (Å²) in [5.74, 6) is 0.547. The van der Waals surface area contributed by atoms with E-state index in [1.165, 1.54) is 6.07 Å². The molecule has 0 aliphatic rings. The Morgan fingerprint density at radius 1 is 1.30 bits per heavy atom. The maximum absolute atomic E-state index is 13.7. The van der Waals surface area contributed by atoms with Crippen molar-refractivity contribution in [3.8, 4) is 5.75 Å². The average molecular weight is 376 g/mol. The number of hydrogen-bond acceptors (Lipinski definition) is 4. The van der Waals surface area contributed by atoms with Crippen LogP contribution in [0.3, 0.4) is 0 Å². The Kier molecular flexibility index (Phi) is 7.60. The number of likely N-dealkylation sites (N-methyl/N-ethyl adjacent to an activating group) is 1. The number of rotatable bonds is 8. The molecule has 7 nitrogen and oxygen atoms in total. The molecule has 2 aromatic rings. The van der Waals surface area contributed by atoms with Gasteiger partial charge in [0.2, 0.25) is 0 Å². The number of guanidine groups is 1. The van der Waals surface area contributed by atoms with Crippen molar-refractivity contribution in [1.82, 2.24) is 25.3 Å². The average Bonchev–Trinajstić information content (AvgIpc) is 3.05. The van der Waals surface area contributed by atoms with E-state index < -0.39 is 0 Å². The Labute approximate surface area is 160 Å². The van der Waals surface area contributed by atoms with Gasteiger partial charge >= 0.3 is 0 Å². The molecule has 0 radical (unpaired) electrons. The molecule has 1 aromatic heterocycles. The molecule has 8 heteroatoms. The zero-order valence-corrected chi connectivity index (χ0v) is 16.6. The fourth-order valence-corrected chi connectivity index (χ4v) is 2.66. The molecule has 0 aliphatic carbocycles. The van der Waals surface area contributed by atoms with E-state index >= 15 is 0 Å². The number of nitrogens with one attached hydrogen (secondary N) is 2. The van der Waals surface area contributed by atoms with Crippen molar-refractivity contribution in [3.05, 3.63) is 48.0 Å². The highest BCUT2D eigenvalue weighted by molar-refractivity contribution is 5.79. The number of aliphatic imine (C=N–C) groups is 1. The summed E-state index contributed by atoms with van der Waals surface area (Å²) >= 11 is 0. The van der Waals surface area contributed by atoms with Crippen molar-refractivity contribution < 1.29 is 9.13 Å². The number of aromatic nitrogens is 2. The number of halogens is 1. The molecular formula is C19H29FN6O. The molecule has 0 aliphatic heterocycles. The van der Waals surface area contributed by atoms with Crippen molar-refractivity contribution in [2.24, 2.45) is 12.0 Å². The molecule has 2 rings (SSSR count). The van der Waals surface area contributed by atoms with Crippen LogP contribution in [0.15, 0.2) is 41.7 Å². The second kappa shape index (κ2) is 9.91. The van der Waals surface area contributed by atoms with Gasteiger partial charge in [0.1, 0.15) is 6.10 Å². The molecule has 0 saturated heterocycles. The molecule has 2 unspecified atom stereocenters. The Morgan fingerprint density at radius 3 is 2.59 bits per heavy atom. The lowest BCUT2D eigenvalue weighted by atomic mass is 10.1. The molecule has 2 atom stereocenters. The van der Waals surface area contributed by atoms with Gasteiger partial charge in [-0.25, -0.2) is 4.39 Å². The van der Waals surface area contributed by atoms with Crippen LogP contribution < -0.4 is 15.4 Å². The Balaban J connectivity index is 1.85. The third-order valence-electron chi connectivity index (χ3n) is 4.14. The summed E-state index contributed by atoms with van der Waals surface area (Å²) in [6.45, 7) is 3.04. The Hall–Kier alpha value is -2.61. The molecule has 0 fully saturated rings. The maximum Gasteiger partial charge on any atom is 0.191 e. The molecular weight excluding hydrogens is 347 g/mol. The highest BCUT2D eigenvalue weighted by Gasteiger charge is 2.16. The summed E-state index contributed by atoms with van der Waals surface area (Å²) in [5, 5.41) is 10.8. The van der Waals surface area contributed by atoms with E-state index in [0.29, 0.717) is 19.0 Å². The summed E-state index contributed by atoms with van der Waals surface area (Å²) in [5.41, 5.74) is 1.13. The summed E-state index contributed by atoms with van der Waals surface area (Å²) in [6.07, 6.45) is 3.66. The molecule has 27 heavy (non-hydrogen) atoms. The quantitative estimate of drug-likeness (QED) is 0.543. The molecule has 0 saturated carbocycles. The number of aryl methyl sites for hydroxylation is 1. The number of benzene rings is 1. The van der Waals surface area contributed by atoms with Crippen molar-refractivity contribution in [1.29, 1.82) is 0 Å². The van der Waals surface area contributed by atoms with Gasteiger partial charge in [-0.2, -0.15) is 5.10 Å².